The van der Waals surface area contributed by atoms with Gasteiger partial charge in [0, 0.05) is 44.2 Å². The van der Waals surface area contributed by atoms with Gasteiger partial charge in [-0.3, -0.25) is 9.36 Å². The fourth-order valence-electron chi connectivity index (χ4n) is 6.39. The molecule has 3 N–H and O–H groups in total. The van der Waals surface area contributed by atoms with Crippen LogP contribution in [0, 0.1) is 17.6 Å². The predicted octanol–water partition coefficient (Wildman–Crippen LogP) is 4.07. The minimum Gasteiger partial charge on any atom is -0.393 e. The van der Waals surface area contributed by atoms with E-state index in [4.69, 9.17) is 4.98 Å². The Labute approximate surface area is 238 Å². The lowest BCUT2D eigenvalue weighted by atomic mass is 9.85. The van der Waals surface area contributed by atoms with Gasteiger partial charge in [0.15, 0.2) is 5.65 Å². The van der Waals surface area contributed by atoms with Gasteiger partial charge >= 0.3 is 0 Å². The number of aliphatic hydroxyl groups excluding tert-OH is 1. The zero-order valence-electron chi connectivity index (χ0n) is 23.4. The number of carbonyl (C=O) groups is 1. The van der Waals surface area contributed by atoms with Crippen LogP contribution in [-0.4, -0.2) is 85.7 Å². The van der Waals surface area contributed by atoms with Crippen LogP contribution >= 0.6 is 0 Å². The number of carbonyl (C=O) groups excluding carboxylic acids is 1. The van der Waals surface area contributed by atoms with E-state index in [2.05, 4.69) is 32.5 Å². The van der Waals surface area contributed by atoms with Gasteiger partial charge in [0.05, 0.1) is 12.3 Å². The van der Waals surface area contributed by atoms with Crippen molar-refractivity contribution < 1.29 is 18.7 Å². The molecule has 0 unspecified atom stereocenters. The average molecular weight is 569 g/mol. The van der Waals surface area contributed by atoms with E-state index in [1.165, 1.54) is 18.2 Å². The van der Waals surface area contributed by atoms with Crippen molar-refractivity contribution in [3.8, 4) is 0 Å². The Morgan fingerprint density at radius 1 is 0.951 bits per heavy atom. The zero-order valence-corrected chi connectivity index (χ0v) is 23.4. The molecule has 3 aromatic rings. The SMILES string of the molecule is CN1CCN(C(=O)C2CCC(n3c(Nc4c(F)cccc4F)nc4cnc(NC5CCC(O)CC5)nc43)CC2)CC1. The second-order valence-corrected chi connectivity index (χ2v) is 11.7. The number of imidazole rings is 1. The van der Waals surface area contributed by atoms with Crippen molar-refractivity contribution >= 4 is 34.7 Å². The molecule has 1 saturated heterocycles. The molecule has 3 aliphatic rings. The Kier molecular flexibility index (Phi) is 8.03. The lowest BCUT2D eigenvalue weighted by Crippen LogP contribution is -2.49. The molecule has 41 heavy (non-hydrogen) atoms. The predicted molar refractivity (Wildman–Crippen MR) is 152 cm³/mol. The third kappa shape index (κ3) is 5.99. The first-order valence-corrected chi connectivity index (χ1v) is 14.7. The van der Waals surface area contributed by atoms with E-state index >= 15 is 0 Å². The molecule has 3 fully saturated rings. The number of nitrogens with zero attached hydrogens (tertiary/aromatic N) is 6. The summed E-state index contributed by atoms with van der Waals surface area (Å²) in [6, 6.07) is 3.84. The number of hydrogen-bond donors (Lipinski definition) is 3. The molecular formula is C29H38F2N8O2. The number of piperazine rings is 1. The summed E-state index contributed by atoms with van der Waals surface area (Å²) in [7, 11) is 2.07. The second kappa shape index (κ2) is 11.8. The second-order valence-electron chi connectivity index (χ2n) is 11.7. The maximum atomic E-state index is 14.6. The van der Waals surface area contributed by atoms with E-state index in [1.54, 1.807) is 6.20 Å². The number of halogens is 2. The molecule has 0 radical (unpaired) electrons. The first-order valence-electron chi connectivity index (χ1n) is 14.7. The third-order valence-corrected chi connectivity index (χ3v) is 8.89. The van der Waals surface area contributed by atoms with E-state index in [1.807, 2.05) is 9.47 Å². The van der Waals surface area contributed by atoms with Crippen LogP contribution in [0.3, 0.4) is 0 Å². The molecule has 2 aromatic heterocycles. The highest BCUT2D eigenvalue weighted by atomic mass is 19.1. The minimum atomic E-state index is -0.710. The molecule has 3 heterocycles. The highest BCUT2D eigenvalue weighted by molar-refractivity contribution is 5.79. The third-order valence-electron chi connectivity index (χ3n) is 8.89. The maximum Gasteiger partial charge on any atom is 0.225 e. The standard InChI is InChI=1S/C29H38F2N8O2/c1-37-13-15-38(16-14-37)27(41)18-5-9-20(10-6-18)39-26-24(34-29(39)35-25-22(30)3-2-4-23(25)31)17-32-28(36-26)33-19-7-11-21(40)12-8-19/h2-4,17-21,40H,5-16H2,1H3,(H,34,35)(H,32,33,36). The van der Waals surface area contributed by atoms with Gasteiger partial charge in [0.25, 0.3) is 0 Å². The van der Waals surface area contributed by atoms with E-state index < -0.39 is 11.6 Å². The first kappa shape index (κ1) is 27.8. The molecular weight excluding hydrogens is 530 g/mol. The van der Waals surface area contributed by atoms with Crippen molar-refractivity contribution in [1.29, 1.82) is 0 Å². The fraction of sp³-hybridized carbons (Fsp3) is 0.586. The molecule has 1 aliphatic heterocycles. The van der Waals surface area contributed by atoms with Gasteiger partial charge in [-0.25, -0.2) is 18.7 Å². The number of benzene rings is 1. The zero-order chi connectivity index (χ0) is 28.5. The van der Waals surface area contributed by atoms with Crippen molar-refractivity contribution in [1.82, 2.24) is 29.3 Å². The number of amides is 1. The van der Waals surface area contributed by atoms with Gasteiger partial charge in [-0.05, 0) is 70.5 Å². The van der Waals surface area contributed by atoms with E-state index in [9.17, 15) is 18.7 Å². The number of likely N-dealkylation sites (N-methyl/N-ethyl adjacent to an activating group) is 1. The molecule has 1 aromatic carbocycles. The molecule has 0 spiro atoms. The number of nitrogens with one attached hydrogen (secondary N) is 2. The van der Waals surface area contributed by atoms with Gasteiger partial charge in [-0.15, -0.1) is 0 Å². The van der Waals surface area contributed by atoms with Crippen molar-refractivity contribution in [3.05, 3.63) is 36.0 Å². The Hall–Kier alpha value is -3.38. The van der Waals surface area contributed by atoms with E-state index in [0.29, 0.717) is 23.1 Å². The number of fused-ring (bicyclic) bond motifs is 1. The molecule has 220 valence electrons. The Balaban J connectivity index is 1.26. The van der Waals surface area contributed by atoms with E-state index in [-0.39, 0.29) is 35.7 Å². The quantitative estimate of drug-likeness (QED) is 0.408. The maximum absolute atomic E-state index is 14.6. The smallest absolute Gasteiger partial charge is 0.225 e. The van der Waals surface area contributed by atoms with Gasteiger partial charge in [-0.1, -0.05) is 6.07 Å². The lowest BCUT2D eigenvalue weighted by Gasteiger charge is -2.37. The monoisotopic (exact) mass is 568 g/mol. The summed E-state index contributed by atoms with van der Waals surface area (Å²) >= 11 is 0. The Morgan fingerprint density at radius 3 is 2.32 bits per heavy atom. The summed E-state index contributed by atoms with van der Waals surface area (Å²) in [6.07, 6.45) is 7.38. The van der Waals surface area contributed by atoms with Crippen LogP contribution in [0.2, 0.25) is 0 Å². The average Bonchev–Trinajstić information content (AvgIpc) is 3.33. The lowest BCUT2D eigenvalue weighted by molar-refractivity contribution is -0.138. The van der Waals surface area contributed by atoms with Gasteiger partial charge in [0.2, 0.25) is 17.8 Å². The number of anilines is 3. The first-order chi connectivity index (χ1) is 19.9. The topological polar surface area (TPSA) is 111 Å². The van der Waals surface area contributed by atoms with Crippen LogP contribution in [0.5, 0.6) is 0 Å². The molecule has 10 nitrogen and oxygen atoms in total. The fourth-order valence-corrected chi connectivity index (χ4v) is 6.39. The van der Waals surface area contributed by atoms with Crippen LogP contribution < -0.4 is 10.6 Å². The normalized spacial score (nSPS) is 25.8. The minimum absolute atomic E-state index is 0.0293. The van der Waals surface area contributed by atoms with Gasteiger partial charge in [-0.2, -0.15) is 4.98 Å². The summed E-state index contributed by atoms with van der Waals surface area (Å²) in [4.78, 5) is 31.4. The van der Waals surface area contributed by atoms with Gasteiger partial charge in [0.1, 0.15) is 22.8 Å². The molecule has 6 rings (SSSR count). The highest BCUT2D eigenvalue weighted by Crippen LogP contribution is 2.38. The molecule has 2 saturated carbocycles. The number of aromatic nitrogens is 4. The summed E-state index contributed by atoms with van der Waals surface area (Å²) in [6.45, 7) is 3.30. The Morgan fingerprint density at radius 2 is 1.63 bits per heavy atom. The number of rotatable bonds is 6. The van der Waals surface area contributed by atoms with Crippen LogP contribution in [0.1, 0.15) is 57.4 Å². The summed E-state index contributed by atoms with van der Waals surface area (Å²) in [5.74, 6) is -0.465. The summed E-state index contributed by atoms with van der Waals surface area (Å²) in [5.41, 5.74) is 0.825. The summed E-state index contributed by atoms with van der Waals surface area (Å²) in [5, 5.41) is 16.2. The molecule has 0 bridgehead atoms. The summed E-state index contributed by atoms with van der Waals surface area (Å²) < 4.78 is 31.2. The van der Waals surface area contributed by atoms with Crippen molar-refractivity contribution in [2.24, 2.45) is 5.92 Å². The Bertz CT molecular complexity index is 1360. The largest absolute Gasteiger partial charge is 0.393 e. The van der Waals surface area contributed by atoms with Crippen molar-refractivity contribution in [3.63, 3.8) is 0 Å². The van der Waals surface area contributed by atoms with Gasteiger partial charge < -0.3 is 25.5 Å². The van der Waals surface area contributed by atoms with Crippen molar-refractivity contribution in [2.75, 3.05) is 43.9 Å². The number of para-hydroxylation sites is 1. The van der Waals surface area contributed by atoms with Crippen LogP contribution in [0.4, 0.5) is 26.4 Å². The molecule has 1 amide bonds. The molecule has 2 aliphatic carbocycles. The highest BCUT2D eigenvalue weighted by Gasteiger charge is 2.33. The number of aliphatic hydroxyl groups is 1. The van der Waals surface area contributed by atoms with Crippen LogP contribution in [0.15, 0.2) is 24.4 Å². The van der Waals surface area contributed by atoms with E-state index in [0.717, 1.165) is 77.5 Å². The number of hydrogen-bond acceptors (Lipinski definition) is 8. The van der Waals surface area contributed by atoms with Crippen molar-refractivity contribution in [2.45, 2.75) is 69.6 Å². The van der Waals surface area contributed by atoms with Crippen LogP contribution in [0.25, 0.3) is 11.2 Å². The molecule has 12 heteroatoms. The molecule has 0 atom stereocenters. The van der Waals surface area contributed by atoms with Crippen LogP contribution in [-0.2, 0) is 4.79 Å².